The first-order valence-corrected chi connectivity index (χ1v) is 12.4. The van der Waals surface area contributed by atoms with Gasteiger partial charge < -0.3 is 14.8 Å². The number of nitrogens with one attached hydrogen (secondary N) is 1. The van der Waals surface area contributed by atoms with Crippen LogP contribution in [0.2, 0.25) is 0 Å². The molecule has 1 saturated heterocycles. The molecule has 5 aliphatic rings. The van der Waals surface area contributed by atoms with E-state index >= 15 is 0 Å². The predicted octanol–water partition coefficient (Wildman–Crippen LogP) is 3.86. The van der Waals surface area contributed by atoms with Crippen LogP contribution < -0.4 is 10.1 Å². The third-order valence-corrected chi connectivity index (χ3v) is 8.42. The molecule has 1 aromatic carbocycles. The molecule has 1 aromatic rings. The number of amides is 1. The molecule has 6 rings (SSSR count). The highest BCUT2D eigenvalue weighted by Crippen LogP contribution is 2.56. The number of nitrogens with zero attached hydrogens (tertiary/aromatic N) is 1. The number of ether oxygens (including phenoxy) is 2. The summed E-state index contributed by atoms with van der Waals surface area (Å²) in [5.74, 6) is 4.53. The molecule has 170 valence electrons. The fourth-order valence-electron chi connectivity index (χ4n) is 7.02. The van der Waals surface area contributed by atoms with E-state index in [1.54, 1.807) is 0 Å². The van der Waals surface area contributed by atoms with Crippen LogP contribution >= 0.6 is 0 Å². The maximum atomic E-state index is 13.0. The van der Waals surface area contributed by atoms with E-state index in [9.17, 15) is 4.79 Å². The zero-order valence-corrected chi connectivity index (χ0v) is 18.9. The molecule has 0 spiro atoms. The van der Waals surface area contributed by atoms with Crippen molar-refractivity contribution < 1.29 is 14.3 Å². The third-order valence-electron chi connectivity index (χ3n) is 8.42. The average molecular weight is 427 g/mol. The van der Waals surface area contributed by atoms with Crippen molar-refractivity contribution in [1.82, 2.24) is 10.2 Å². The molecule has 5 nitrogen and oxygen atoms in total. The lowest BCUT2D eigenvalue weighted by Crippen LogP contribution is -2.50. The molecule has 1 N–H and O–H groups in total. The van der Waals surface area contributed by atoms with Crippen LogP contribution in [0.1, 0.15) is 50.5 Å². The Morgan fingerprint density at radius 2 is 1.81 bits per heavy atom. The van der Waals surface area contributed by atoms with Crippen molar-refractivity contribution >= 4 is 5.91 Å². The summed E-state index contributed by atoms with van der Waals surface area (Å²) in [6, 6.07) is 8.80. The molecule has 0 aromatic heterocycles. The third kappa shape index (κ3) is 4.93. The van der Waals surface area contributed by atoms with Gasteiger partial charge in [0.2, 0.25) is 5.91 Å². The molecule has 4 aliphatic carbocycles. The lowest BCUT2D eigenvalue weighted by Gasteiger charge is -2.53. The molecular formula is C26H38N2O3. The Hall–Kier alpha value is -1.59. The van der Waals surface area contributed by atoms with E-state index in [0.717, 1.165) is 55.7 Å². The van der Waals surface area contributed by atoms with Gasteiger partial charge in [-0.05, 0) is 93.4 Å². The lowest BCUT2D eigenvalue weighted by atomic mass is 9.51. The van der Waals surface area contributed by atoms with Gasteiger partial charge in [-0.3, -0.25) is 9.69 Å². The van der Waals surface area contributed by atoms with Gasteiger partial charge in [-0.2, -0.15) is 0 Å². The molecule has 0 radical (unpaired) electrons. The lowest BCUT2D eigenvalue weighted by molar-refractivity contribution is -0.138. The summed E-state index contributed by atoms with van der Waals surface area (Å²) in [4.78, 5) is 15.4. The fourth-order valence-corrected chi connectivity index (χ4v) is 7.02. The smallest absolute Gasteiger partial charge is 0.223 e. The van der Waals surface area contributed by atoms with Gasteiger partial charge in [0, 0.05) is 38.3 Å². The van der Waals surface area contributed by atoms with Gasteiger partial charge in [0.05, 0.1) is 0 Å². The van der Waals surface area contributed by atoms with Gasteiger partial charge in [-0.15, -0.1) is 0 Å². The maximum absolute atomic E-state index is 13.0. The first-order valence-electron chi connectivity index (χ1n) is 12.4. The Labute approximate surface area is 186 Å². The van der Waals surface area contributed by atoms with Crippen LogP contribution in [-0.4, -0.2) is 50.3 Å². The number of benzene rings is 1. The van der Waals surface area contributed by atoms with Crippen molar-refractivity contribution in [3.8, 4) is 5.75 Å². The summed E-state index contributed by atoms with van der Waals surface area (Å²) in [7, 11) is 2.18. The van der Waals surface area contributed by atoms with Crippen LogP contribution in [0, 0.1) is 29.6 Å². The molecule has 31 heavy (non-hydrogen) atoms. The molecule has 5 heteroatoms. The summed E-state index contributed by atoms with van der Waals surface area (Å²) < 4.78 is 11.5. The van der Waals surface area contributed by atoms with Gasteiger partial charge >= 0.3 is 0 Å². The van der Waals surface area contributed by atoms with E-state index in [2.05, 4.69) is 29.4 Å². The standard InChI is InChI=1S/C26H38N2O3/c1-28(23-5-8-30-9-6-23)7-10-31-24-4-2-3-18(16-24)17-27-26(29)25-21-12-19-11-20(14-21)15-22(25)13-19/h2-4,16,19-23,25H,5-15,17H2,1H3,(H,27,29). The topological polar surface area (TPSA) is 50.8 Å². The molecule has 1 amide bonds. The van der Waals surface area contributed by atoms with Crippen LogP contribution in [0.15, 0.2) is 24.3 Å². The van der Waals surface area contributed by atoms with E-state index in [1.165, 1.54) is 32.1 Å². The SMILES string of the molecule is CN(CCOc1cccc(CNC(=O)C2C3CC4CC(C3)CC2C4)c1)C1CCOCC1. The molecule has 0 unspecified atom stereocenters. The molecule has 0 atom stereocenters. The Balaban J connectivity index is 1.08. The number of carbonyl (C=O) groups excluding carboxylic acids is 1. The van der Waals surface area contributed by atoms with Gasteiger partial charge in [-0.25, -0.2) is 0 Å². The quantitative estimate of drug-likeness (QED) is 0.686. The maximum Gasteiger partial charge on any atom is 0.223 e. The summed E-state index contributed by atoms with van der Waals surface area (Å²) in [5, 5.41) is 3.26. The van der Waals surface area contributed by atoms with Gasteiger partial charge in [0.1, 0.15) is 12.4 Å². The van der Waals surface area contributed by atoms with Gasteiger partial charge in [0.15, 0.2) is 0 Å². The van der Waals surface area contributed by atoms with E-state index in [-0.39, 0.29) is 5.92 Å². The van der Waals surface area contributed by atoms with E-state index in [1.807, 2.05) is 12.1 Å². The van der Waals surface area contributed by atoms with Crippen LogP contribution in [0.3, 0.4) is 0 Å². The number of likely N-dealkylation sites (N-methyl/N-ethyl adjacent to an activating group) is 1. The second-order valence-electron chi connectivity index (χ2n) is 10.5. The van der Waals surface area contributed by atoms with Crippen LogP contribution in [-0.2, 0) is 16.1 Å². The van der Waals surface area contributed by atoms with Crippen LogP contribution in [0.5, 0.6) is 5.75 Å². The van der Waals surface area contributed by atoms with Crippen molar-refractivity contribution in [3.05, 3.63) is 29.8 Å². The van der Waals surface area contributed by atoms with Crippen molar-refractivity contribution in [2.45, 2.75) is 57.5 Å². The second-order valence-corrected chi connectivity index (χ2v) is 10.5. The number of hydrogen-bond acceptors (Lipinski definition) is 4. The summed E-state index contributed by atoms with van der Waals surface area (Å²) in [5.41, 5.74) is 1.12. The Bertz CT molecular complexity index is 733. The molecular weight excluding hydrogens is 388 g/mol. The summed E-state index contributed by atoms with van der Waals surface area (Å²) >= 11 is 0. The van der Waals surface area contributed by atoms with Gasteiger partial charge in [-0.1, -0.05) is 12.1 Å². The molecule has 1 heterocycles. The van der Waals surface area contributed by atoms with Crippen LogP contribution in [0.25, 0.3) is 0 Å². The minimum Gasteiger partial charge on any atom is -0.492 e. The first-order chi connectivity index (χ1) is 15.2. The largest absolute Gasteiger partial charge is 0.492 e. The fraction of sp³-hybridized carbons (Fsp3) is 0.731. The Morgan fingerprint density at radius 1 is 1.10 bits per heavy atom. The molecule has 5 fully saturated rings. The van der Waals surface area contributed by atoms with Crippen LogP contribution in [0.4, 0.5) is 0 Å². The summed E-state index contributed by atoms with van der Waals surface area (Å²) in [6.07, 6.45) is 8.80. The van der Waals surface area contributed by atoms with Crippen molar-refractivity contribution in [1.29, 1.82) is 0 Å². The highest BCUT2D eigenvalue weighted by molar-refractivity contribution is 5.79. The molecule has 4 bridgehead atoms. The van der Waals surface area contributed by atoms with Crippen molar-refractivity contribution in [2.24, 2.45) is 29.6 Å². The van der Waals surface area contributed by atoms with E-state index in [0.29, 0.717) is 36.9 Å². The average Bonchev–Trinajstić information content (AvgIpc) is 2.78. The highest BCUT2D eigenvalue weighted by atomic mass is 16.5. The highest BCUT2D eigenvalue weighted by Gasteiger charge is 2.50. The monoisotopic (exact) mass is 426 g/mol. The predicted molar refractivity (Wildman–Crippen MR) is 121 cm³/mol. The number of rotatable bonds is 8. The zero-order valence-electron chi connectivity index (χ0n) is 18.9. The first kappa shape index (κ1) is 21.3. The second kappa shape index (κ2) is 9.50. The summed E-state index contributed by atoms with van der Waals surface area (Å²) in [6.45, 7) is 3.93. The molecule has 4 saturated carbocycles. The van der Waals surface area contributed by atoms with Crippen molar-refractivity contribution in [3.63, 3.8) is 0 Å². The zero-order chi connectivity index (χ0) is 21.2. The van der Waals surface area contributed by atoms with Crippen molar-refractivity contribution in [2.75, 3.05) is 33.4 Å². The van der Waals surface area contributed by atoms with Gasteiger partial charge in [0.25, 0.3) is 0 Å². The van der Waals surface area contributed by atoms with E-state index < -0.39 is 0 Å². The number of hydrogen-bond donors (Lipinski definition) is 1. The minimum absolute atomic E-state index is 0.257. The van der Waals surface area contributed by atoms with E-state index in [4.69, 9.17) is 9.47 Å². The number of carbonyl (C=O) groups is 1. The molecule has 1 aliphatic heterocycles. The minimum atomic E-state index is 0.257. The Morgan fingerprint density at radius 3 is 2.52 bits per heavy atom. The normalized spacial score (nSPS) is 32.4. The Kier molecular flexibility index (Phi) is 6.51.